The Labute approximate surface area is 94.0 Å². The van der Waals surface area contributed by atoms with Crippen molar-refractivity contribution >= 4 is 23.2 Å². The number of benzene rings is 1. The molecule has 0 radical (unpaired) electrons. The SMILES string of the molecule is CC(CN)COc1ccc(Cl)cc1Cl. The fourth-order valence-electron chi connectivity index (χ4n) is 0.892. The van der Waals surface area contributed by atoms with Crippen molar-refractivity contribution in [1.29, 1.82) is 0 Å². The van der Waals surface area contributed by atoms with Gasteiger partial charge < -0.3 is 10.5 Å². The average molecular weight is 234 g/mol. The fraction of sp³-hybridized carbons (Fsp3) is 0.400. The summed E-state index contributed by atoms with van der Waals surface area (Å²) in [5.74, 6) is 0.970. The molecule has 1 aromatic rings. The molecule has 4 heteroatoms. The number of rotatable bonds is 4. The van der Waals surface area contributed by atoms with Gasteiger partial charge in [0.15, 0.2) is 0 Å². The Hall–Kier alpha value is -0.440. The molecule has 14 heavy (non-hydrogen) atoms. The van der Waals surface area contributed by atoms with Gasteiger partial charge in [-0.2, -0.15) is 0 Å². The van der Waals surface area contributed by atoms with Crippen LogP contribution in [0, 0.1) is 5.92 Å². The largest absolute Gasteiger partial charge is 0.492 e. The zero-order valence-corrected chi connectivity index (χ0v) is 9.48. The first-order valence-electron chi connectivity index (χ1n) is 4.41. The van der Waals surface area contributed by atoms with Crippen LogP contribution in [0.25, 0.3) is 0 Å². The smallest absolute Gasteiger partial charge is 0.137 e. The van der Waals surface area contributed by atoms with Gasteiger partial charge >= 0.3 is 0 Å². The van der Waals surface area contributed by atoms with Crippen LogP contribution >= 0.6 is 23.2 Å². The maximum absolute atomic E-state index is 5.92. The van der Waals surface area contributed by atoms with Gasteiger partial charge in [0.05, 0.1) is 11.6 Å². The monoisotopic (exact) mass is 233 g/mol. The minimum absolute atomic E-state index is 0.321. The lowest BCUT2D eigenvalue weighted by atomic mass is 10.2. The van der Waals surface area contributed by atoms with Crippen LogP contribution in [-0.4, -0.2) is 13.2 Å². The number of nitrogens with two attached hydrogens (primary N) is 1. The lowest BCUT2D eigenvalue weighted by Gasteiger charge is -2.11. The molecular weight excluding hydrogens is 221 g/mol. The summed E-state index contributed by atoms with van der Waals surface area (Å²) in [4.78, 5) is 0. The molecule has 1 aromatic carbocycles. The van der Waals surface area contributed by atoms with Crippen LogP contribution < -0.4 is 10.5 Å². The Morgan fingerprint density at radius 1 is 1.43 bits per heavy atom. The quantitative estimate of drug-likeness (QED) is 0.869. The van der Waals surface area contributed by atoms with E-state index in [4.69, 9.17) is 33.7 Å². The molecule has 0 heterocycles. The molecule has 0 aliphatic heterocycles. The normalized spacial score (nSPS) is 12.6. The van der Waals surface area contributed by atoms with E-state index in [2.05, 4.69) is 0 Å². The molecule has 0 saturated carbocycles. The van der Waals surface area contributed by atoms with Crippen LogP contribution in [0.2, 0.25) is 10.0 Å². The molecule has 0 bridgehead atoms. The minimum atomic E-state index is 0.321. The highest BCUT2D eigenvalue weighted by molar-refractivity contribution is 6.35. The molecule has 1 unspecified atom stereocenters. The third-order valence-corrected chi connectivity index (χ3v) is 2.35. The van der Waals surface area contributed by atoms with Gasteiger partial charge in [0.2, 0.25) is 0 Å². The highest BCUT2D eigenvalue weighted by atomic mass is 35.5. The summed E-state index contributed by atoms with van der Waals surface area (Å²) in [5.41, 5.74) is 5.46. The van der Waals surface area contributed by atoms with Crippen molar-refractivity contribution in [3.05, 3.63) is 28.2 Å². The van der Waals surface area contributed by atoms with Crippen LogP contribution in [0.5, 0.6) is 5.75 Å². The van der Waals surface area contributed by atoms with E-state index in [0.717, 1.165) is 0 Å². The van der Waals surface area contributed by atoms with Crippen LogP contribution in [0.1, 0.15) is 6.92 Å². The van der Waals surface area contributed by atoms with Gasteiger partial charge in [-0.15, -0.1) is 0 Å². The molecule has 0 spiro atoms. The zero-order chi connectivity index (χ0) is 10.6. The lowest BCUT2D eigenvalue weighted by molar-refractivity contribution is 0.264. The second-order valence-electron chi connectivity index (χ2n) is 3.23. The zero-order valence-electron chi connectivity index (χ0n) is 7.97. The third kappa shape index (κ3) is 3.37. The molecule has 0 aromatic heterocycles. The maximum Gasteiger partial charge on any atom is 0.137 e. The third-order valence-electron chi connectivity index (χ3n) is 1.82. The van der Waals surface area contributed by atoms with Crippen molar-refractivity contribution in [3.8, 4) is 5.75 Å². The molecule has 0 aliphatic rings. The van der Waals surface area contributed by atoms with Crippen molar-refractivity contribution in [2.24, 2.45) is 11.7 Å². The minimum Gasteiger partial charge on any atom is -0.492 e. The summed E-state index contributed by atoms with van der Waals surface area (Å²) in [5, 5.41) is 1.14. The van der Waals surface area contributed by atoms with Gasteiger partial charge in [0.1, 0.15) is 5.75 Å². The second kappa shape index (κ2) is 5.44. The summed E-state index contributed by atoms with van der Waals surface area (Å²) in [6.45, 7) is 3.19. The van der Waals surface area contributed by atoms with E-state index in [1.54, 1.807) is 18.2 Å². The van der Waals surface area contributed by atoms with Crippen molar-refractivity contribution in [2.75, 3.05) is 13.2 Å². The molecule has 1 rings (SSSR count). The Morgan fingerprint density at radius 3 is 2.71 bits per heavy atom. The Morgan fingerprint density at radius 2 is 2.14 bits per heavy atom. The Kier molecular flexibility index (Phi) is 4.52. The molecular formula is C10H13Cl2NO. The summed E-state index contributed by atoms with van der Waals surface area (Å²) in [6.07, 6.45) is 0. The molecule has 0 fully saturated rings. The molecule has 0 saturated heterocycles. The van der Waals surface area contributed by atoms with E-state index in [0.29, 0.717) is 34.9 Å². The van der Waals surface area contributed by atoms with Gasteiger partial charge in [-0.3, -0.25) is 0 Å². The summed E-state index contributed by atoms with van der Waals surface area (Å²) < 4.78 is 5.47. The number of hydrogen-bond donors (Lipinski definition) is 1. The van der Waals surface area contributed by atoms with Crippen molar-refractivity contribution in [2.45, 2.75) is 6.92 Å². The predicted octanol–water partition coefficient (Wildman–Crippen LogP) is 2.97. The predicted molar refractivity (Wildman–Crippen MR) is 60.2 cm³/mol. The molecule has 78 valence electrons. The van der Waals surface area contributed by atoms with E-state index in [1.165, 1.54) is 0 Å². The van der Waals surface area contributed by atoms with Crippen LogP contribution in [0.3, 0.4) is 0 Å². The van der Waals surface area contributed by atoms with Crippen LogP contribution in [0.4, 0.5) is 0 Å². The number of halogens is 2. The molecule has 0 aliphatic carbocycles. The van der Waals surface area contributed by atoms with Gasteiger partial charge in [-0.1, -0.05) is 30.1 Å². The topological polar surface area (TPSA) is 35.2 Å². The van der Waals surface area contributed by atoms with Crippen molar-refractivity contribution < 1.29 is 4.74 Å². The summed E-state index contributed by atoms with van der Waals surface area (Å²) in [6, 6.07) is 5.16. The standard InChI is InChI=1S/C10H13Cl2NO/c1-7(5-13)6-14-10-3-2-8(11)4-9(10)12/h2-4,7H,5-6,13H2,1H3. The Bertz CT molecular complexity index is 304. The first-order chi connectivity index (χ1) is 6.63. The fourth-order valence-corrected chi connectivity index (χ4v) is 1.36. The van der Waals surface area contributed by atoms with Crippen LogP contribution in [0.15, 0.2) is 18.2 Å². The van der Waals surface area contributed by atoms with E-state index in [1.807, 2.05) is 6.92 Å². The molecule has 2 nitrogen and oxygen atoms in total. The average Bonchev–Trinajstić information content (AvgIpc) is 2.16. The maximum atomic E-state index is 5.92. The number of hydrogen-bond acceptors (Lipinski definition) is 2. The van der Waals surface area contributed by atoms with E-state index in [9.17, 15) is 0 Å². The molecule has 0 amide bonds. The van der Waals surface area contributed by atoms with Gasteiger partial charge in [0, 0.05) is 10.9 Å². The van der Waals surface area contributed by atoms with Crippen LogP contribution in [-0.2, 0) is 0 Å². The first kappa shape index (κ1) is 11.6. The first-order valence-corrected chi connectivity index (χ1v) is 5.17. The van der Waals surface area contributed by atoms with E-state index >= 15 is 0 Å². The Balaban J connectivity index is 2.59. The van der Waals surface area contributed by atoms with Gasteiger partial charge in [-0.25, -0.2) is 0 Å². The van der Waals surface area contributed by atoms with E-state index in [-0.39, 0.29) is 0 Å². The van der Waals surface area contributed by atoms with Crippen molar-refractivity contribution in [3.63, 3.8) is 0 Å². The number of ether oxygens (including phenoxy) is 1. The highest BCUT2D eigenvalue weighted by Crippen LogP contribution is 2.27. The molecule has 1 atom stereocenters. The van der Waals surface area contributed by atoms with Gasteiger partial charge in [0.25, 0.3) is 0 Å². The van der Waals surface area contributed by atoms with E-state index < -0.39 is 0 Å². The highest BCUT2D eigenvalue weighted by Gasteiger charge is 2.04. The van der Waals surface area contributed by atoms with Crippen molar-refractivity contribution in [1.82, 2.24) is 0 Å². The van der Waals surface area contributed by atoms with Gasteiger partial charge in [-0.05, 0) is 24.7 Å². The summed E-state index contributed by atoms with van der Waals surface area (Å²) >= 11 is 11.7. The lowest BCUT2D eigenvalue weighted by Crippen LogP contribution is -2.18. The second-order valence-corrected chi connectivity index (χ2v) is 4.07. The summed E-state index contributed by atoms with van der Waals surface area (Å²) in [7, 11) is 0. The molecule has 2 N–H and O–H groups in total.